The van der Waals surface area contributed by atoms with Crippen LogP contribution in [0, 0.1) is 6.92 Å². The van der Waals surface area contributed by atoms with Crippen LogP contribution in [0.4, 0.5) is 29.5 Å². The van der Waals surface area contributed by atoms with Gasteiger partial charge in [0.25, 0.3) is 0 Å². The van der Waals surface area contributed by atoms with Gasteiger partial charge in [-0.25, -0.2) is 14.8 Å². The Kier molecular flexibility index (Phi) is 9.44. The van der Waals surface area contributed by atoms with Crippen molar-refractivity contribution in [3.8, 4) is 22.6 Å². The fourth-order valence-corrected chi connectivity index (χ4v) is 4.79. The number of urea groups is 1. The molecule has 0 radical (unpaired) electrons. The van der Waals surface area contributed by atoms with Crippen molar-refractivity contribution < 1.29 is 22.4 Å². The maximum atomic E-state index is 13.9. The molecule has 2 heterocycles. The third kappa shape index (κ3) is 6.94. The Morgan fingerprint density at radius 3 is 2.54 bits per heavy atom. The van der Waals surface area contributed by atoms with Crippen LogP contribution in [-0.2, 0) is 12.6 Å². The number of aromatic nitrogens is 2. The topological polar surface area (TPSA) is 97.3 Å². The number of alkyl halides is 3. The van der Waals surface area contributed by atoms with E-state index in [-0.39, 0.29) is 6.04 Å². The van der Waals surface area contributed by atoms with Crippen LogP contribution in [-0.4, -0.2) is 28.6 Å². The van der Waals surface area contributed by atoms with E-state index in [0.717, 1.165) is 41.7 Å². The molecule has 0 saturated carbocycles. The highest BCUT2D eigenvalue weighted by atomic mass is 19.4. The lowest BCUT2D eigenvalue weighted by atomic mass is 10.0. The molecule has 0 bridgehead atoms. The second kappa shape index (κ2) is 13.0. The van der Waals surface area contributed by atoms with E-state index in [9.17, 15) is 18.0 Å². The zero-order valence-electron chi connectivity index (χ0n) is 23.3. The van der Waals surface area contributed by atoms with Crippen molar-refractivity contribution in [3.63, 3.8) is 0 Å². The van der Waals surface area contributed by atoms with Crippen LogP contribution in [0.2, 0.25) is 0 Å². The number of amides is 2. The van der Waals surface area contributed by atoms with E-state index in [1.165, 1.54) is 12.5 Å². The summed E-state index contributed by atoms with van der Waals surface area (Å²) in [5, 5.41) is 3.00. The molecule has 10 heteroatoms. The second-order valence-corrected chi connectivity index (χ2v) is 9.82. The summed E-state index contributed by atoms with van der Waals surface area (Å²) in [6, 6.07) is 13.5. The minimum absolute atomic E-state index is 0.199. The molecular weight excluding hydrogens is 531 g/mol. The maximum Gasteiger partial charge on any atom is 0.416 e. The number of nitrogens with one attached hydrogen (secondary N) is 1. The van der Waals surface area contributed by atoms with Gasteiger partial charge in [-0.15, -0.1) is 0 Å². The Bertz CT molecular complexity index is 1470. The molecule has 0 spiro atoms. The van der Waals surface area contributed by atoms with Crippen LogP contribution in [0.3, 0.4) is 0 Å². The second-order valence-electron chi connectivity index (χ2n) is 9.82. The van der Waals surface area contributed by atoms with Gasteiger partial charge in [-0.05, 0) is 80.6 Å². The van der Waals surface area contributed by atoms with Crippen molar-refractivity contribution in [2.45, 2.75) is 58.7 Å². The smallest absolute Gasteiger partial charge is 0.416 e. The average Bonchev–Trinajstić information content (AvgIpc) is 3.50. The maximum absolute atomic E-state index is 13.9. The van der Waals surface area contributed by atoms with Gasteiger partial charge in [-0.3, -0.25) is 4.90 Å². The molecule has 2 amide bonds. The summed E-state index contributed by atoms with van der Waals surface area (Å²) in [5.41, 5.74) is 8.73. The monoisotopic (exact) mass is 565 g/mol. The number of hydrogen-bond acceptors (Lipinski definition) is 5. The normalized spacial score (nSPS) is 11.6. The van der Waals surface area contributed by atoms with Crippen LogP contribution in [0.25, 0.3) is 22.6 Å². The fourth-order valence-electron chi connectivity index (χ4n) is 4.79. The first-order valence-corrected chi connectivity index (χ1v) is 13.6. The number of aryl methyl sites for hydroxylation is 2. The van der Waals surface area contributed by atoms with Gasteiger partial charge >= 0.3 is 12.2 Å². The molecule has 0 unspecified atom stereocenters. The van der Waals surface area contributed by atoms with Crippen LogP contribution in [0.15, 0.2) is 71.6 Å². The zero-order chi connectivity index (χ0) is 29.6. The molecule has 0 saturated heterocycles. The lowest BCUT2D eigenvalue weighted by molar-refractivity contribution is -0.137. The Balaban J connectivity index is 1.71. The largest absolute Gasteiger partial charge is 0.444 e. The van der Waals surface area contributed by atoms with Gasteiger partial charge in [0.2, 0.25) is 0 Å². The quantitative estimate of drug-likeness (QED) is 0.204. The first-order chi connectivity index (χ1) is 19.7. The SMILES string of the molecule is CCC(CC)N(C(=O)Nc1ccc(CCCN)c(-c2cnco2)c1)c1nc(-c2cccc(C(F)(F)F)c2)ccc1C. The molecule has 0 fully saturated rings. The van der Waals surface area contributed by atoms with E-state index in [1.807, 2.05) is 39.0 Å². The number of nitrogens with two attached hydrogens (primary N) is 1. The molecule has 4 aromatic rings. The van der Waals surface area contributed by atoms with E-state index < -0.39 is 17.8 Å². The summed E-state index contributed by atoms with van der Waals surface area (Å²) < 4.78 is 45.7. The fraction of sp³-hybridized carbons (Fsp3) is 0.323. The van der Waals surface area contributed by atoms with E-state index in [1.54, 1.807) is 29.3 Å². The number of hydrogen-bond donors (Lipinski definition) is 2. The third-order valence-corrected chi connectivity index (χ3v) is 7.02. The first-order valence-electron chi connectivity index (χ1n) is 13.6. The van der Waals surface area contributed by atoms with Gasteiger partial charge < -0.3 is 15.5 Å². The number of anilines is 2. The van der Waals surface area contributed by atoms with E-state index in [2.05, 4.69) is 10.3 Å². The number of rotatable bonds is 10. The number of pyridine rings is 1. The molecule has 2 aromatic carbocycles. The number of nitrogens with zero attached hydrogens (tertiary/aromatic N) is 3. The molecule has 216 valence electrons. The van der Waals surface area contributed by atoms with E-state index in [4.69, 9.17) is 15.1 Å². The van der Waals surface area contributed by atoms with Crippen LogP contribution in [0.5, 0.6) is 0 Å². The Labute approximate surface area is 237 Å². The summed E-state index contributed by atoms with van der Waals surface area (Å²) in [7, 11) is 0. The highest BCUT2D eigenvalue weighted by molar-refractivity contribution is 6.02. The van der Waals surface area contributed by atoms with Gasteiger partial charge in [0.15, 0.2) is 12.2 Å². The third-order valence-electron chi connectivity index (χ3n) is 7.02. The van der Waals surface area contributed by atoms with Crippen molar-refractivity contribution in [2.24, 2.45) is 5.73 Å². The van der Waals surface area contributed by atoms with Crippen molar-refractivity contribution in [2.75, 3.05) is 16.8 Å². The van der Waals surface area contributed by atoms with Crippen LogP contribution >= 0.6 is 0 Å². The van der Waals surface area contributed by atoms with Gasteiger partial charge in [0.1, 0.15) is 5.82 Å². The van der Waals surface area contributed by atoms with Gasteiger partial charge in [0, 0.05) is 22.9 Å². The van der Waals surface area contributed by atoms with Crippen LogP contribution in [0.1, 0.15) is 49.8 Å². The van der Waals surface area contributed by atoms with Crippen molar-refractivity contribution in [1.82, 2.24) is 9.97 Å². The number of halogens is 3. The van der Waals surface area contributed by atoms with Crippen molar-refractivity contribution >= 4 is 17.5 Å². The minimum Gasteiger partial charge on any atom is -0.444 e. The number of benzene rings is 2. The lowest BCUT2D eigenvalue weighted by Crippen LogP contribution is -2.43. The molecule has 0 aliphatic carbocycles. The van der Waals surface area contributed by atoms with Crippen LogP contribution < -0.4 is 16.0 Å². The van der Waals surface area contributed by atoms with Crippen molar-refractivity contribution in [1.29, 1.82) is 0 Å². The Hall–Kier alpha value is -4.18. The lowest BCUT2D eigenvalue weighted by Gasteiger charge is -2.31. The Morgan fingerprint density at radius 1 is 1.10 bits per heavy atom. The standard InChI is InChI=1S/C31H34F3N5O2/c1-4-25(5-2)39(29-20(3)11-14-27(38-29)22-8-6-10-23(16-22)31(32,33)34)30(40)37-24-13-12-21(9-7-15-35)26(17-24)28-18-36-19-41-28/h6,8,10-14,16-19,25H,4-5,7,9,15,35H2,1-3H3,(H,37,40). The van der Waals surface area contributed by atoms with Gasteiger partial charge in [-0.1, -0.05) is 38.1 Å². The highest BCUT2D eigenvalue weighted by Crippen LogP contribution is 2.34. The molecule has 0 aliphatic heterocycles. The Morgan fingerprint density at radius 2 is 1.88 bits per heavy atom. The summed E-state index contributed by atoms with van der Waals surface area (Å²) in [4.78, 5) is 24.2. The molecule has 41 heavy (non-hydrogen) atoms. The summed E-state index contributed by atoms with van der Waals surface area (Å²) in [6.45, 7) is 6.34. The molecule has 0 atom stereocenters. The average molecular weight is 566 g/mol. The molecule has 2 aromatic heterocycles. The molecule has 4 rings (SSSR count). The zero-order valence-corrected chi connectivity index (χ0v) is 23.3. The molecular formula is C31H34F3N5O2. The van der Waals surface area contributed by atoms with Gasteiger partial charge in [-0.2, -0.15) is 13.2 Å². The predicted molar refractivity (Wildman–Crippen MR) is 155 cm³/mol. The number of carbonyl (C=O) groups excluding carboxylic acids is 1. The first kappa shape index (κ1) is 29.8. The summed E-state index contributed by atoms with van der Waals surface area (Å²) >= 11 is 0. The molecule has 3 N–H and O–H groups in total. The minimum atomic E-state index is -4.48. The molecule has 7 nitrogen and oxygen atoms in total. The van der Waals surface area contributed by atoms with E-state index >= 15 is 0 Å². The summed E-state index contributed by atoms with van der Waals surface area (Å²) in [5.74, 6) is 0.970. The predicted octanol–water partition coefficient (Wildman–Crippen LogP) is 7.85. The highest BCUT2D eigenvalue weighted by Gasteiger charge is 2.31. The van der Waals surface area contributed by atoms with E-state index in [0.29, 0.717) is 47.9 Å². The molecule has 0 aliphatic rings. The number of carbonyl (C=O) groups is 1. The summed E-state index contributed by atoms with van der Waals surface area (Å²) in [6.07, 6.45) is 1.34. The van der Waals surface area contributed by atoms with Crippen molar-refractivity contribution in [3.05, 3.63) is 83.9 Å². The number of oxazole rings is 1. The van der Waals surface area contributed by atoms with Gasteiger partial charge in [0.05, 0.1) is 17.5 Å².